The highest BCUT2D eigenvalue weighted by atomic mass is 19.1. The molecule has 0 aliphatic carbocycles. The molecular weight excluding hydrogens is 320 g/mol. The summed E-state index contributed by atoms with van der Waals surface area (Å²) in [7, 11) is 0. The van der Waals surface area contributed by atoms with Crippen LogP contribution in [-0.2, 0) is 0 Å². The first-order valence-corrected chi connectivity index (χ1v) is 8.85. The quantitative estimate of drug-likeness (QED) is 0.873. The maximum Gasteiger partial charge on any atom is 0.123 e. The molecule has 1 fully saturated rings. The molecule has 3 nitrogen and oxygen atoms in total. The lowest BCUT2D eigenvalue weighted by molar-refractivity contribution is 0.109. The number of piperazine rings is 1. The van der Waals surface area contributed by atoms with Crippen LogP contribution >= 0.6 is 0 Å². The van der Waals surface area contributed by atoms with Crippen LogP contribution in [0.15, 0.2) is 48.5 Å². The number of benzene rings is 2. The number of halogens is 2. The Labute approximate surface area is 148 Å². The minimum absolute atomic E-state index is 0.0119. The smallest absolute Gasteiger partial charge is 0.123 e. The number of rotatable bonds is 6. The van der Waals surface area contributed by atoms with Gasteiger partial charge in [-0.15, -0.1) is 0 Å². The molecule has 3 rings (SSSR count). The van der Waals surface area contributed by atoms with Crippen LogP contribution in [0.2, 0.25) is 0 Å². The second kappa shape index (κ2) is 8.52. The number of nitrogens with zero attached hydrogens (tertiary/aromatic N) is 2. The predicted molar refractivity (Wildman–Crippen MR) is 96.3 cm³/mol. The largest absolute Gasteiger partial charge is 0.330 e. The maximum absolute atomic E-state index is 13.3. The second-order valence-corrected chi connectivity index (χ2v) is 6.53. The summed E-state index contributed by atoms with van der Waals surface area (Å²) < 4.78 is 26.7. The first kappa shape index (κ1) is 18.0. The van der Waals surface area contributed by atoms with E-state index in [0.717, 1.165) is 50.3 Å². The molecule has 0 atom stereocenters. The molecule has 0 unspecified atom stereocenters. The molecule has 1 saturated heterocycles. The Balaban J connectivity index is 1.80. The van der Waals surface area contributed by atoms with E-state index in [2.05, 4.69) is 9.80 Å². The average Bonchev–Trinajstić information content (AvgIpc) is 2.64. The van der Waals surface area contributed by atoms with E-state index < -0.39 is 0 Å². The first-order chi connectivity index (χ1) is 12.2. The normalized spacial score (nSPS) is 16.5. The van der Waals surface area contributed by atoms with E-state index in [9.17, 15) is 8.78 Å². The Morgan fingerprint density at radius 2 is 1.28 bits per heavy atom. The zero-order chi connectivity index (χ0) is 17.6. The van der Waals surface area contributed by atoms with Crippen LogP contribution in [0.4, 0.5) is 8.78 Å². The van der Waals surface area contributed by atoms with Gasteiger partial charge in [0.25, 0.3) is 0 Å². The van der Waals surface area contributed by atoms with Crippen molar-refractivity contribution in [2.45, 2.75) is 12.5 Å². The summed E-state index contributed by atoms with van der Waals surface area (Å²) in [6, 6.07) is 13.3. The summed E-state index contributed by atoms with van der Waals surface area (Å²) in [5.41, 5.74) is 7.66. The fourth-order valence-electron chi connectivity index (χ4n) is 3.46. The van der Waals surface area contributed by atoms with Crippen molar-refractivity contribution in [3.8, 4) is 0 Å². The van der Waals surface area contributed by atoms with Gasteiger partial charge in [-0.05, 0) is 54.9 Å². The fraction of sp³-hybridized carbons (Fsp3) is 0.400. The standard InChI is InChI=1S/C20H25F2N3/c21-18-6-2-16(3-7-18)20(17-4-8-19(22)9-5-17)25-14-12-24(13-15-25)11-1-10-23/h2-9,20H,1,10-15,23H2. The van der Waals surface area contributed by atoms with Crippen LogP contribution in [0.5, 0.6) is 0 Å². The van der Waals surface area contributed by atoms with Crippen molar-refractivity contribution in [1.82, 2.24) is 9.80 Å². The SMILES string of the molecule is NCCCN1CCN(C(c2ccc(F)cc2)c2ccc(F)cc2)CC1. The summed E-state index contributed by atoms with van der Waals surface area (Å²) in [5.74, 6) is -0.485. The molecule has 25 heavy (non-hydrogen) atoms. The molecule has 1 heterocycles. The topological polar surface area (TPSA) is 32.5 Å². The highest BCUT2D eigenvalue weighted by molar-refractivity contribution is 5.32. The second-order valence-electron chi connectivity index (χ2n) is 6.53. The van der Waals surface area contributed by atoms with E-state index in [1.165, 1.54) is 24.3 Å². The summed E-state index contributed by atoms with van der Waals surface area (Å²) >= 11 is 0. The lowest BCUT2D eigenvalue weighted by atomic mass is 9.96. The van der Waals surface area contributed by atoms with Crippen molar-refractivity contribution in [3.63, 3.8) is 0 Å². The Morgan fingerprint density at radius 1 is 0.800 bits per heavy atom. The minimum Gasteiger partial charge on any atom is -0.330 e. The third-order valence-electron chi connectivity index (χ3n) is 4.82. The van der Waals surface area contributed by atoms with Crippen molar-refractivity contribution in [3.05, 3.63) is 71.3 Å². The lowest BCUT2D eigenvalue weighted by Gasteiger charge is -2.39. The predicted octanol–water partition coefficient (Wildman–Crippen LogP) is 3.02. The Hall–Kier alpha value is -1.82. The van der Waals surface area contributed by atoms with Gasteiger partial charge in [0.05, 0.1) is 6.04 Å². The van der Waals surface area contributed by atoms with Gasteiger partial charge in [0.1, 0.15) is 11.6 Å². The third kappa shape index (κ3) is 4.63. The Kier molecular flexibility index (Phi) is 6.13. The molecule has 0 saturated carbocycles. The molecule has 0 aromatic heterocycles. The van der Waals surface area contributed by atoms with Crippen LogP contribution < -0.4 is 5.73 Å². The molecule has 1 aliphatic rings. The van der Waals surface area contributed by atoms with Gasteiger partial charge in [0.15, 0.2) is 0 Å². The average molecular weight is 345 g/mol. The molecule has 0 bridgehead atoms. The molecule has 0 spiro atoms. The molecule has 5 heteroatoms. The monoisotopic (exact) mass is 345 g/mol. The van der Waals surface area contributed by atoms with Gasteiger partial charge in [-0.3, -0.25) is 4.90 Å². The van der Waals surface area contributed by atoms with Gasteiger partial charge in [-0.1, -0.05) is 24.3 Å². The van der Waals surface area contributed by atoms with Gasteiger partial charge >= 0.3 is 0 Å². The number of hydrogen-bond donors (Lipinski definition) is 1. The molecule has 0 amide bonds. The van der Waals surface area contributed by atoms with Crippen LogP contribution in [0.3, 0.4) is 0 Å². The van der Waals surface area contributed by atoms with Crippen molar-refractivity contribution in [2.24, 2.45) is 5.73 Å². The van der Waals surface area contributed by atoms with Crippen LogP contribution in [0.1, 0.15) is 23.6 Å². The van der Waals surface area contributed by atoms with E-state index in [1.807, 2.05) is 24.3 Å². The van der Waals surface area contributed by atoms with Crippen molar-refractivity contribution < 1.29 is 8.78 Å². The van der Waals surface area contributed by atoms with E-state index in [0.29, 0.717) is 6.54 Å². The van der Waals surface area contributed by atoms with Gasteiger partial charge in [-0.2, -0.15) is 0 Å². The van der Waals surface area contributed by atoms with Crippen LogP contribution in [-0.4, -0.2) is 49.1 Å². The Bertz CT molecular complexity index is 604. The molecule has 134 valence electrons. The van der Waals surface area contributed by atoms with E-state index in [4.69, 9.17) is 5.73 Å². The molecule has 2 aromatic carbocycles. The number of hydrogen-bond acceptors (Lipinski definition) is 3. The zero-order valence-electron chi connectivity index (χ0n) is 14.4. The van der Waals surface area contributed by atoms with Gasteiger partial charge in [0.2, 0.25) is 0 Å². The molecule has 1 aliphatic heterocycles. The third-order valence-corrected chi connectivity index (χ3v) is 4.82. The lowest BCUT2D eigenvalue weighted by Crippen LogP contribution is -2.48. The first-order valence-electron chi connectivity index (χ1n) is 8.85. The van der Waals surface area contributed by atoms with Crippen LogP contribution in [0.25, 0.3) is 0 Å². The fourth-order valence-corrected chi connectivity index (χ4v) is 3.46. The van der Waals surface area contributed by atoms with E-state index >= 15 is 0 Å². The van der Waals surface area contributed by atoms with Crippen molar-refractivity contribution >= 4 is 0 Å². The van der Waals surface area contributed by atoms with Gasteiger partial charge in [0, 0.05) is 26.2 Å². The summed E-state index contributed by atoms with van der Waals surface area (Å²) in [4.78, 5) is 4.81. The summed E-state index contributed by atoms with van der Waals surface area (Å²) in [6.45, 7) is 5.56. The molecular formula is C20H25F2N3. The molecule has 2 N–H and O–H groups in total. The summed E-state index contributed by atoms with van der Waals surface area (Å²) in [6.07, 6.45) is 1.01. The van der Waals surface area contributed by atoms with Crippen molar-refractivity contribution in [2.75, 3.05) is 39.3 Å². The molecule has 0 radical (unpaired) electrons. The van der Waals surface area contributed by atoms with Gasteiger partial charge < -0.3 is 10.6 Å². The Morgan fingerprint density at radius 3 is 1.72 bits per heavy atom. The highest BCUT2D eigenvalue weighted by Crippen LogP contribution is 2.30. The highest BCUT2D eigenvalue weighted by Gasteiger charge is 2.26. The maximum atomic E-state index is 13.3. The van der Waals surface area contributed by atoms with Crippen LogP contribution in [0, 0.1) is 11.6 Å². The van der Waals surface area contributed by atoms with Crippen molar-refractivity contribution in [1.29, 1.82) is 0 Å². The molecule has 2 aromatic rings. The van der Waals surface area contributed by atoms with E-state index in [1.54, 1.807) is 0 Å². The zero-order valence-corrected chi connectivity index (χ0v) is 14.4. The number of nitrogens with two attached hydrogens (primary N) is 1. The van der Waals surface area contributed by atoms with Gasteiger partial charge in [-0.25, -0.2) is 8.78 Å². The van der Waals surface area contributed by atoms with E-state index in [-0.39, 0.29) is 17.7 Å². The minimum atomic E-state index is -0.242. The summed E-state index contributed by atoms with van der Waals surface area (Å²) in [5, 5.41) is 0.